The average molecular weight is 198 g/mol. The van der Waals surface area contributed by atoms with Gasteiger partial charge in [-0.2, -0.15) is 0 Å². The molecular formula is C12H26N2. The second kappa shape index (κ2) is 9.22. The maximum absolute atomic E-state index is 3.38. The Labute approximate surface area is 89.4 Å². The highest BCUT2D eigenvalue weighted by atomic mass is 15.1. The molecule has 14 heavy (non-hydrogen) atoms. The van der Waals surface area contributed by atoms with Gasteiger partial charge in [0.15, 0.2) is 0 Å². The predicted octanol–water partition coefficient (Wildman–Crippen LogP) is 2.27. The molecule has 0 aliphatic carbocycles. The molecule has 0 bridgehead atoms. The average Bonchev–Trinajstić information content (AvgIpc) is 2.16. The van der Waals surface area contributed by atoms with E-state index < -0.39 is 0 Å². The fourth-order valence-electron chi connectivity index (χ4n) is 1.17. The summed E-state index contributed by atoms with van der Waals surface area (Å²) in [5.41, 5.74) is 0. The molecule has 0 aliphatic heterocycles. The van der Waals surface area contributed by atoms with Gasteiger partial charge in [0.05, 0.1) is 0 Å². The van der Waals surface area contributed by atoms with Gasteiger partial charge in [0.1, 0.15) is 0 Å². The van der Waals surface area contributed by atoms with E-state index in [0.29, 0.717) is 6.04 Å². The fraction of sp³-hybridized carbons (Fsp3) is 0.833. The molecular weight excluding hydrogens is 172 g/mol. The first-order chi connectivity index (χ1) is 6.68. The number of unbranched alkanes of at least 4 members (excludes halogenated alkanes) is 1. The van der Waals surface area contributed by atoms with E-state index in [1.54, 1.807) is 0 Å². The topological polar surface area (TPSA) is 15.3 Å². The third-order valence-corrected chi connectivity index (χ3v) is 2.49. The quantitative estimate of drug-likeness (QED) is 0.475. The van der Waals surface area contributed by atoms with Crippen LogP contribution in [0.3, 0.4) is 0 Å². The maximum atomic E-state index is 3.38. The SMILES string of the molecule is C/C=C/CNCCCCN(C)C(C)C. The second-order valence-electron chi connectivity index (χ2n) is 4.05. The van der Waals surface area contributed by atoms with Crippen LogP contribution in [0.5, 0.6) is 0 Å². The summed E-state index contributed by atoms with van der Waals surface area (Å²) in [5.74, 6) is 0. The highest BCUT2D eigenvalue weighted by Crippen LogP contribution is 1.96. The Morgan fingerprint density at radius 2 is 2.00 bits per heavy atom. The van der Waals surface area contributed by atoms with Gasteiger partial charge in [-0.1, -0.05) is 12.2 Å². The molecule has 0 fully saturated rings. The van der Waals surface area contributed by atoms with Crippen LogP contribution in [0.1, 0.15) is 33.6 Å². The molecule has 2 heteroatoms. The van der Waals surface area contributed by atoms with Crippen molar-refractivity contribution in [2.75, 3.05) is 26.7 Å². The molecule has 0 aromatic rings. The van der Waals surface area contributed by atoms with E-state index in [9.17, 15) is 0 Å². The first kappa shape index (κ1) is 13.7. The van der Waals surface area contributed by atoms with E-state index in [1.165, 1.54) is 19.4 Å². The highest BCUT2D eigenvalue weighted by molar-refractivity contribution is 4.78. The Balaban J connectivity index is 3.13. The summed E-state index contributed by atoms with van der Waals surface area (Å²) in [6, 6.07) is 0.672. The first-order valence-corrected chi connectivity index (χ1v) is 5.70. The van der Waals surface area contributed by atoms with Gasteiger partial charge in [0.2, 0.25) is 0 Å². The van der Waals surface area contributed by atoms with Crippen LogP contribution in [0.15, 0.2) is 12.2 Å². The summed E-state index contributed by atoms with van der Waals surface area (Å²) in [7, 11) is 2.19. The van der Waals surface area contributed by atoms with Crippen LogP contribution >= 0.6 is 0 Å². The zero-order chi connectivity index (χ0) is 10.8. The minimum absolute atomic E-state index is 0.672. The molecule has 84 valence electrons. The Kier molecular flexibility index (Phi) is 9.00. The molecule has 0 saturated carbocycles. The standard InChI is InChI=1S/C12H26N2/c1-5-6-9-13-10-7-8-11-14(4)12(2)3/h5-6,12-13H,7-11H2,1-4H3/b6-5+. The van der Waals surface area contributed by atoms with E-state index in [2.05, 4.69) is 50.2 Å². The van der Waals surface area contributed by atoms with Crippen molar-refractivity contribution in [3.05, 3.63) is 12.2 Å². The molecule has 0 aliphatic rings. The molecule has 0 radical (unpaired) electrons. The van der Waals surface area contributed by atoms with Crippen molar-refractivity contribution in [1.29, 1.82) is 0 Å². The van der Waals surface area contributed by atoms with Crippen LogP contribution in [0.4, 0.5) is 0 Å². The van der Waals surface area contributed by atoms with Crippen LogP contribution in [0.25, 0.3) is 0 Å². The van der Waals surface area contributed by atoms with Crippen molar-refractivity contribution in [3.8, 4) is 0 Å². The van der Waals surface area contributed by atoms with Gasteiger partial charge in [0.25, 0.3) is 0 Å². The molecule has 0 rings (SSSR count). The van der Waals surface area contributed by atoms with Gasteiger partial charge >= 0.3 is 0 Å². The third-order valence-electron chi connectivity index (χ3n) is 2.49. The molecule has 2 nitrogen and oxygen atoms in total. The number of rotatable bonds is 8. The summed E-state index contributed by atoms with van der Waals surface area (Å²) < 4.78 is 0. The van der Waals surface area contributed by atoms with Crippen molar-refractivity contribution in [1.82, 2.24) is 10.2 Å². The van der Waals surface area contributed by atoms with Crippen molar-refractivity contribution < 1.29 is 0 Å². The van der Waals surface area contributed by atoms with Crippen LogP contribution in [-0.2, 0) is 0 Å². The fourth-order valence-corrected chi connectivity index (χ4v) is 1.17. The van der Waals surface area contributed by atoms with Crippen LogP contribution in [-0.4, -0.2) is 37.6 Å². The number of hydrogen-bond donors (Lipinski definition) is 1. The summed E-state index contributed by atoms with van der Waals surface area (Å²) in [6.07, 6.45) is 6.80. The van der Waals surface area contributed by atoms with Crippen molar-refractivity contribution in [3.63, 3.8) is 0 Å². The lowest BCUT2D eigenvalue weighted by Gasteiger charge is -2.20. The Morgan fingerprint density at radius 3 is 2.57 bits per heavy atom. The minimum Gasteiger partial charge on any atom is -0.313 e. The monoisotopic (exact) mass is 198 g/mol. The Bertz CT molecular complexity index is 141. The second-order valence-corrected chi connectivity index (χ2v) is 4.05. The lowest BCUT2D eigenvalue weighted by atomic mass is 10.2. The van der Waals surface area contributed by atoms with Gasteiger partial charge in [0, 0.05) is 12.6 Å². The summed E-state index contributed by atoms with van der Waals surface area (Å²) >= 11 is 0. The highest BCUT2D eigenvalue weighted by Gasteiger charge is 2.00. The zero-order valence-corrected chi connectivity index (χ0v) is 10.2. The van der Waals surface area contributed by atoms with Crippen molar-refractivity contribution in [2.45, 2.75) is 39.7 Å². The van der Waals surface area contributed by atoms with Gasteiger partial charge < -0.3 is 10.2 Å². The lowest BCUT2D eigenvalue weighted by Crippen LogP contribution is -2.27. The minimum atomic E-state index is 0.672. The molecule has 0 spiro atoms. The van der Waals surface area contributed by atoms with Crippen LogP contribution < -0.4 is 5.32 Å². The largest absolute Gasteiger partial charge is 0.313 e. The lowest BCUT2D eigenvalue weighted by molar-refractivity contribution is 0.268. The number of nitrogens with one attached hydrogen (secondary N) is 1. The van der Waals surface area contributed by atoms with Gasteiger partial charge in [-0.15, -0.1) is 0 Å². The van der Waals surface area contributed by atoms with Gasteiger partial charge in [-0.05, 0) is 53.8 Å². The summed E-state index contributed by atoms with van der Waals surface area (Å²) in [4.78, 5) is 2.39. The predicted molar refractivity (Wildman–Crippen MR) is 64.7 cm³/mol. The van der Waals surface area contributed by atoms with Gasteiger partial charge in [-0.3, -0.25) is 0 Å². The molecule has 0 atom stereocenters. The van der Waals surface area contributed by atoms with E-state index in [4.69, 9.17) is 0 Å². The Morgan fingerprint density at radius 1 is 1.29 bits per heavy atom. The summed E-state index contributed by atoms with van der Waals surface area (Å²) in [6.45, 7) is 9.89. The van der Waals surface area contributed by atoms with Gasteiger partial charge in [-0.25, -0.2) is 0 Å². The number of allylic oxidation sites excluding steroid dienone is 1. The zero-order valence-electron chi connectivity index (χ0n) is 10.2. The first-order valence-electron chi connectivity index (χ1n) is 5.70. The Hall–Kier alpha value is -0.340. The van der Waals surface area contributed by atoms with E-state index in [0.717, 1.165) is 13.1 Å². The van der Waals surface area contributed by atoms with E-state index >= 15 is 0 Å². The molecule has 1 N–H and O–H groups in total. The molecule has 0 unspecified atom stereocenters. The molecule has 0 saturated heterocycles. The van der Waals surface area contributed by atoms with Crippen molar-refractivity contribution >= 4 is 0 Å². The van der Waals surface area contributed by atoms with Crippen LogP contribution in [0, 0.1) is 0 Å². The van der Waals surface area contributed by atoms with Crippen LogP contribution in [0.2, 0.25) is 0 Å². The van der Waals surface area contributed by atoms with E-state index in [-0.39, 0.29) is 0 Å². The number of hydrogen-bond acceptors (Lipinski definition) is 2. The smallest absolute Gasteiger partial charge is 0.0134 e. The third kappa shape index (κ3) is 8.27. The molecule has 0 aromatic carbocycles. The molecule has 0 aromatic heterocycles. The maximum Gasteiger partial charge on any atom is 0.0134 e. The molecule has 0 heterocycles. The summed E-state index contributed by atoms with van der Waals surface area (Å²) in [5, 5.41) is 3.38. The normalized spacial score (nSPS) is 12.1. The number of nitrogens with zero attached hydrogens (tertiary/aromatic N) is 1. The van der Waals surface area contributed by atoms with Crippen molar-refractivity contribution in [2.24, 2.45) is 0 Å². The molecule has 0 amide bonds. The van der Waals surface area contributed by atoms with E-state index in [1.807, 2.05) is 0 Å².